The van der Waals surface area contributed by atoms with Crippen molar-refractivity contribution in [1.82, 2.24) is 5.43 Å². The molecule has 4 heteroatoms. The van der Waals surface area contributed by atoms with E-state index in [0.29, 0.717) is 11.7 Å². The number of hydrogen-bond acceptors (Lipinski definition) is 3. The first-order chi connectivity index (χ1) is 11.9. The van der Waals surface area contributed by atoms with Crippen LogP contribution in [0.5, 0.6) is 5.75 Å². The fraction of sp³-hybridized carbons (Fsp3) is 0.333. The molecule has 0 aliphatic carbocycles. The zero-order valence-electron chi connectivity index (χ0n) is 15.6. The van der Waals surface area contributed by atoms with Crippen LogP contribution < -0.4 is 10.2 Å². The van der Waals surface area contributed by atoms with E-state index in [-0.39, 0.29) is 12.5 Å². The van der Waals surface area contributed by atoms with Crippen molar-refractivity contribution in [2.75, 3.05) is 6.61 Å². The Hall–Kier alpha value is -2.62. The molecule has 1 N–H and O–H groups in total. The van der Waals surface area contributed by atoms with Gasteiger partial charge in [-0.05, 0) is 55.5 Å². The van der Waals surface area contributed by atoms with Crippen LogP contribution in [0.1, 0.15) is 47.6 Å². The first-order valence-electron chi connectivity index (χ1n) is 8.49. The number of hydrazone groups is 1. The molecule has 0 spiro atoms. The highest BCUT2D eigenvalue weighted by molar-refractivity contribution is 5.85. The lowest BCUT2D eigenvalue weighted by atomic mass is 10.0. The molecular weight excluding hydrogens is 312 g/mol. The lowest BCUT2D eigenvalue weighted by molar-refractivity contribution is -0.123. The van der Waals surface area contributed by atoms with Crippen LogP contribution in [0, 0.1) is 20.8 Å². The van der Waals surface area contributed by atoms with Crippen LogP contribution in [-0.4, -0.2) is 18.7 Å². The number of aryl methyl sites for hydroxylation is 3. The third-order valence-electron chi connectivity index (χ3n) is 4.04. The van der Waals surface area contributed by atoms with Crippen molar-refractivity contribution in [2.45, 2.75) is 40.5 Å². The molecule has 2 rings (SSSR count). The molecule has 0 bridgehead atoms. The molecule has 0 unspecified atom stereocenters. The Kier molecular flexibility index (Phi) is 6.34. The summed E-state index contributed by atoms with van der Waals surface area (Å²) in [5.74, 6) is 0.862. The van der Waals surface area contributed by atoms with Gasteiger partial charge >= 0.3 is 0 Å². The molecule has 0 fully saturated rings. The van der Waals surface area contributed by atoms with E-state index >= 15 is 0 Å². The number of carbonyl (C=O) groups excluding carboxylic acids is 1. The number of benzene rings is 2. The zero-order valence-corrected chi connectivity index (χ0v) is 15.6. The predicted octanol–water partition coefficient (Wildman–Crippen LogP) is 4.26. The Labute approximate surface area is 149 Å². The van der Waals surface area contributed by atoms with Crippen molar-refractivity contribution >= 4 is 12.1 Å². The van der Waals surface area contributed by atoms with Gasteiger partial charge in [0, 0.05) is 5.56 Å². The first-order valence-corrected chi connectivity index (χ1v) is 8.49. The number of hydrogen-bond donors (Lipinski definition) is 1. The highest BCUT2D eigenvalue weighted by Gasteiger charge is 2.04. The van der Waals surface area contributed by atoms with Crippen molar-refractivity contribution in [3.63, 3.8) is 0 Å². The van der Waals surface area contributed by atoms with Crippen LogP contribution in [0.3, 0.4) is 0 Å². The smallest absolute Gasteiger partial charge is 0.277 e. The molecule has 0 aliphatic rings. The van der Waals surface area contributed by atoms with Crippen LogP contribution in [0.4, 0.5) is 0 Å². The molecule has 0 aromatic heterocycles. The molecule has 132 valence electrons. The summed E-state index contributed by atoms with van der Waals surface area (Å²) in [7, 11) is 0. The van der Waals surface area contributed by atoms with E-state index in [9.17, 15) is 4.79 Å². The largest absolute Gasteiger partial charge is 0.484 e. The van der Waals surface area contributed by atoms with Gasteiger partial charge in [0.1, 0.15) is 5.75 Å². The highest BCUT2D eigenvalue weighted by atomic mass is 16.5. The summed E-state index contributed by atoms with van der Waals surface area (Å²) >= 11 is 0. The van der Waals surface area contributed by atoms with Gasteiger partial charge < -0.3 is 4.74 Å². The van der Waals surface area contributed by atoms with Gasteiger partial charge in [-0.15, -0.1) is 0 Å². The van der Waals surface area contributed by atoms with E-state index < -0.39 is 0 Å². The summed E-state index contributed by atoms with van der Waals surface area (Å²) < 4.78 is 5.48. The number of carbonyl (C=O) groups is 1. The minimum atomic E-state index is -0.286. The Morgan fingerprint density at radius 3 is 2.28 bits per heavy atom. The molecule has 1 amide bonds. The van der Waals surface area contributed by atoms with Crippen LogP contribution in [0.15, 0.2) is 41.5 Å². The molecule has 4 nitrogen and oxygen atoms in total. The third kappa shape index (κ3) is 5.45. The van der Waals surface area contributed by atoms with Crippen LogP contribution in [0.25, 0.3) is 0 Å². The highest BCUT2D eigenvalue weighted by Crippen LogP contribution is 2.18. The molecule has 0 radical (unpaired) electrons. The Morgan fingerprint density at radius 2 is 1.72 bits per heavy atom. The standard InChI is InChI=1S/C21H26N2O2/c1-14(2)18-6-8-19(9-7-18)25-13-21(24)23-22-12-20-16(4)10-15(3)11-17(20)5/h6-12,14H,13H2,1-5H3,(H,23,24)/b22-12+. The topological polar surface area (TPSA) is 50.7 Å². The van der Waals surface area contributed by atoms with Crippen LogP contribution >= 0.6 is 0 Å². The Balaban J connectivity index is 1.86. The molecule has 0 saturated carbocycles. The molecule has 0 aliphatic heterocycles. The summed E-state index contributed by atoms with van der Waals surface area (Å²) in [5, 5.41) is 4.04. The van der Waals surface area contributed by atoms with Gasteiger partial charge in [0.15, 0.2) is 6.61 Å². The first kappa shape index (κ1) is 18.7. The van der Waals surface area contributed by atoms with E-state index in [1.807, 2.05) is 38.1 Å². The second-order valence-corrected chi connectivity index (χ2v) is 6.62. The molecule has 0 heterocycles. The minimum Gasteiger partial charge on any atom is -0.484 e. The number of nitrogens with one attached hydrogen (secondary N) is 1. The number of nitrogens with zero attached hydrogens (tertiary/aromatic N) is 1. The second kappa shape index (κ2) is 8.47. The maximum Gasteiger partial charge on any atom is 0.277 e. The molecule has 2 aromatic carbocycles. The van der Waals surface area contributed by atoms with Crippen LogP contribution in [-0.2, 0) is 4.79 Å². The van der Waals surface area contributed by atoms with Crippen molar-refractivity contribution in [2.24, 2.45) is 5.10 Å². The summed E-state index contributed by atoms with van der Waals surface area (Å²) in [6, 6.07) is 12.0. The Bertz CT molecular complexity index is 739. The molecule has 0 saturated heterocycles. The lowest BCUT2D eigenvalue weighted by Crippen LogP contribution is -2.24. The molecular formula is C21H26N2O2. The number of ether oxygens (including phenoxy) is 1. The minimum absolute atomic E-state index is 0.0653. The van der Waals surface area contributed by atoms with Gasteiger partial charge in [-0.2, -0.15) is 5.10 Å². The van der Waals surface area contributed by atoms with E-state index in [4.69, 9.17) is 4.74 Å². The van der Waals surface area contributed by atoms with Gasteiger partial charge in [0.25, 0.3) is 5.91 Å². The number of rotatable bonds is 6. The predicted molar refractivity (Wildman–Crippen MR) is 102 cm³/mol. The summed E-state index contributed by atoms with van der Waals surface area (Å²) in [4.78, 5) is 11.9. The maximum absolute atomic E-state index is 11.9. The van der Waals surface area contributed by atoms with E-state index in [2.05, 4.69) is 43.4 Å². The van der Waals surface area contributed by atoms with Crippen molar-refractivity contribution in [3.05, 3.63) is 64.2 Å². The fourth-order valence-corrected chi connectivity index (χ4v) is 2.69. The Morgan fingerprint density at radius 1 is 1.12 bits per heavy atom. The van der Waals surface area contributed by atoms with Gasteiger partial charge in [0.2, 0.25) is 0 Å². The lowest BCUT2D eigenvalue weighted by Gasteiger charge is -2.08. The fourth-order valence-electron chi connectivity index (χ4n) is 2.69. The summed E-state index contributed by atoms with van der Waals surface area (Å²) in [6.07, 6.45) is 1.68. The van der Waals surface area contributed by atoms with Crippen LogP contribution in [0.2, 0.25) is 0 Å². The summed E-state index contributed by atoms with van der Waals surface area (Å²) in [6.45, 7) is 10.3. The second-order valence-electron chi connectivity index (χ2n) is 6.62. The molecule has 0 atom stereocenters. The van der Waals surface area contributed by atoms with Crippen molar-refractivity contribution in [1.29, 1.82) is 0 Å². The monoisotopic (exact) mass is 338 g/mol. The van der Waals surface area contributed by atoms with Gasteiger partial charge in [-0.1, -0.05) is 43.7 Å². The maximum atomic E-state index is 11.9. The summed E-state index contributed by atoms with van der Waals surface area (Å²) in [5.41, 5.74) is 8.26. The van der Waals surface area contributed by atoms with Crippen molar-refractivity contribution < 1.29 is 9.53 Å². The SMILES string of the molecule is Cc1cc(C)c(/C=N/NC(=O)COc2ccc(C(C)C)cc2)c(C)c1. The van der Waals surface area contributed by atoms with E-state index in [1.54, 1.807) is 6.21 Å². The zero-order chi connectivity index (χ0) is 18.4. The normalized spacial score (nSPS) is 11.1. The third-order valence-corrected chi connectivity index (χ3v) is 4.04. The number of amides is 1. The van der Waals surface area contributed by atoms with Crippen molar-refractivity contribution in [3.8, 4) is 5.75 Å². The molecule has 25 heavy (non-hydrogen) atoms. The van der Waals surface area contributed by atoms with Gasteiger partial charge in [0.05, 0.1) is 6.21 Å². The van der Waals surface area contributed by atoms with Gasteiger partial charge in [-0.25, -0.2) is 5.43 Å². The average Bonchev–Trinajstić information content (AvgIpc) is 2.55. The van der Waals surface area contributed by atoms with E-state index in [0.717, 1.165) is 16.7 Å². The average molecular weight is 338 g/mol. The quantitative estimate of drug-likeness (QED) is 0.632. The van der Waals surface area contributed by atoms with Gasteiger partial charge in [-0.3, -0.25) is 4.79 Å². The molecule has 2 aromatic rings. The van der Waals surface area contributed by atoms with E-state index in [1.165, 1.54) is 11.1 Å².